The van der Waals surface area contributed by atoms with Crippen molar-refractivity contribution in [2.45, 2.75) is 31.0 Å². The number of nitrogens with zero attached hydrogens (tertiary/aromatic N) is 2. The number of carbonyl (C=O) groups is 2. The Kier molecular flexibility index (Phi) is 6.05. The largest absolute Gasteiger partial charge is 0.462 e. The van der Waals surface area contributed by atoms with Gasteiger partial charge in [-0.3, -0.25) is 9.36 Å². The van der Waals surface area contributed by atoms with Crippen molar-refractivity contribution in [2.24, 2.45) is 0 Å². The van der Waals surface area contributed by atoms with E-state index in [1.54, 1.807) is 17.6 Å². The van der Waals surface area contributed by atoms with Gasteiger partial charge in [-0.05, 0) is 31.4 Å². The molecule has 1 aliphatic rings. The molecule has 30 heavy (non-hydrogen) atoms. The van der Waals surface area contributed by atoms with E-state index in [0.29, 0.717) is 15.7 Å². The van der Waals surface area contributed by atoms with E-state index in [9.17, 15) is 14.4 Å². The number of anilines is 1. The quantitative estimate of drug-likeness (QED) is 0.407. The molecule has 1 fully saturated rings. The van der Waals surface area contributed by atoms with Crippen LogP contribution in [0.1, 0.15) is 36.2 Å². The summed E-state index contributed by atoms with van der Waals surface area (Å²) >= 11 is 2.51. The van der Waals surface area contributed by atoms with Crippen molar-refractivity contribution >= 4 is 40.0 Å². The normalized spacial score (nSPS) is 13.2. The predicted molar refractivity (Wildman–Crippen MR) is 116 cm³/mol. The first-order chi connectivity index (χ1) is 14.6. The fourth-order valence-corrected chi connectivity index (χ4v) is 4.81. The molecular formula is C20H20N4O4S2. The second kappa shape index (κ2) is 8.88. The van der Waals surface area contributed by atoms with Crippen molar-refractivity contribution < 1.29 is 14.3 Å². The first-order valence-corrected chi connectivity index (χ1v) is 11.3. The zero-order chi connectivity index (χ0) is 21.1. The predicted octanol–water partition coefficient (Wildman–Crippen LogP) is 3.54. The molecule has 1 aliphatic carbocycles. The summed E-state index contributed by atoms with van der Waals surface area (Å²) in [5.41, 5.74) is 1.03. The number of nitrogens with one attached hydrogen (secondary N) is 2. The van der Waals surface area contributed by atoms with E-state index in [1.165, 1.54) is 23.1 Å². The molecule has 0 bridgehead atoms. The Morgan fingerprint density at radius 3 is 2.80 bits per heavy atom. The third-order valence-corrected chi connectivity index (χ3v) is 6.51. The number of ether oxygens (including phenoxy) is 1. The Hall–Kier alpha value is -2.85. The van der Waals surface area contributed by atoms with Crippen LogP contribution in [0.5, 0.6) is 0 Å². The minimum absolute atomic E-state index is 0.0673. The fraction of sp³-hybridized carbons (Fsp3) is 0.300. The molecule has 0 unspecified atom stereocenters. The number of H-pyrrole nitrogens is 1. The van der Waals surface area contributed by atoms with Gasteiger partial charge < -0.3 is 10.1 Å². The summed E-state index contributed by atoms with van der Waals surface area (Å²) in [5.74, 6) is -0.698. The number of carbonyl (C=O) groups excluding carboxylic acids is 2. The highest BCUT2D eigenvalue weighted by Gasteiger charge is 2.29. The molecule has 0 aliphatic heterocycles. The van der Waals surface area contributed by atoms with Gasteiger partial charge in [0.15, 0.2) is 5.16 Å². The highest BCUT2D eigenvalue weighted by atomic mass is 32.2. The van der Waals surface area contributed by atoms with Crippen molar-refractivity contribution in [1.82, 2.24) is 14.8 Å². The summed E-state index contributed by atoms with van der Waals surface area (Å²) in [5, 5.41) is 10.2. The standard InChI is InChI=1S/C20H20N4O4S2/c1-2-28-18(26)14-10-15(12-6-4-3-5-7-12)30-17(14)21-16(25)11-29-20-23-22-19(27)24(20)13-8-9-13/h3-7,10,13H,2,8-9,11H2,1H3,(H,21,25)(H,22,27). The molecule has 0 spiro atoms. The van der Waals surface area contributed by atoms with Crippen LogP contribution >= 0.6 is 23.1 Å². The summed E-state index contributed by atoms with van der Waals surface area (Å²) in [6, 6.07) is 11.5. The van der Waals surface area contributed by atoms with Gasteiger partial charge in [0.2, 0.25) is 5.91 Å². The highest BCUT2D eigenvalue weighted by molar-refractivity contribution is 7.99. The number of thiophene rings is 1. The third-order valence-electron chi connectivity index (χ3n) is 4.46. The number of aromatic nitrogens is 3. The van der Waals surface area contributed by atoms with Crippen molar-refractivity contribution in [3.8, 4) is 10.4 Å². The summed E-state index contributed by atoms with van der Waals surface area (Å²) in [6.45, 7) is 1.98. The van der Waals surface area contributed by atoms with Gasteiger partial charge in [0.25, 0.3) is 0 Å². The van der Waals surface area contributed by atoms with Gasteiger partial charge in [-0.1, -0.05) is 42.1 Å². The number of amides is 1. The summed E-state index contributed by atoms with van der Waals surface area (Å²) in [4.78, 5) is 37.7. The molecule has 2 aromatic heterocycles. The maximum absolute atomic E-state index is 12.6. The molecule has 156 valence electrons. The second-order valence-corrected chi connectivity index (χ2v) is 8.68. The Morgan fingerprint density at radius 2 is 2.10 bits per heavy atom. The Labute approximate surface area is 180 Å². The van der Waals surface area contributed by atoms with Crippen LogP contribution in [0.4, 0.5) is 5.00 Å². The van der Waals surface area contributed by atoms with Crippen LogP contribution in [0, 0.1) is 0 Å². The van der Waals surface area contributed by atoms with Gasteiger partial charge in [0.1, 0.15) is 5.00 Å². The van der Waals surface area contributed by atoms with Gasteiger partial charge in [-0.25, -0.2) is 14.7 Å². The van der Waals surface area contributed by atoms with Gasteiger partial charge in [0.05, 0.1) is 17.9 Å². The lowest BCUT2D eigenvalue weighted by Crippen LogP contribution is -2.18. The molecule has 0 saturated heterocycles. The average molecular weight is 445 g/mol. The number of esters is 1. The smallest absolute Gasteiger partial charge is 0.344 e. The Balaban J connectivity index is 1.50. The van der Waals surface area contributed by atoms with Crippen molar-refractivity contribution in [3.05, 3.63) is 52.4 Å². The van der Waals surface area contributed by atoms with Gasteiger partial charge in [0, 0.05) is 10.9 Å². The summed E-state index contributed by atoms with van der Waals surface area (Å²) in [7, 11) is 0. The van der Waals surface area contributed by atoms with E-state index >= 15 is 0 Å². The zero-order valence-corrected chi connectivity index (χ0v) is 17.8. The SMILES string of the molecule is CCOC(=O)c1cc(-c2ccccc2)sc1NC(=O)CSc1n[nH]c(=O)n1C1CC1. The van der Waals surface area contributed by atoms with Crippen molar-refractivity contribution in [1.29, 1.82) is 0 Å². The molecule has 4 rings (SSSR count). The zero-order valence-electron chi connectivity index (χ0n) is 16.2. The minimum Gasteiger partial charge on any atom is -0.462 e. The van der Waals surface area contributed by atoms with Crippen molar-refractivity contribution in [2.75, 3.05) is 17.7 Å². The molecule has 0 radical (unpaired) electrons. The van der Waals surface area contributed by atoms with Crippen LogP contribution in [0.15, 0.2) is 46.3 Å². The Morgan fingerprint density at radius 1 is 1.33 bits per heavy atom. The number of benzene rings is 1. The van der Waals surface area contributed by atoms with Crippen LogP contribution in [0.25, 0.3) is 10.4 Å². The molecule has 3 aromatic rings. The number of hydrogen-bond donors (Lipinski definition) is 2. The van der Waals surface area contributed by atoms with Gasteiger partial charge in [-0.2, -0.15) is 0 Å². The third kappa shape index (κ3) is 4.49. The van der Waals surface area contributed by atoms with Crippen LogP contribution in [-0.2, 0) is 9.53 Å². The maximum atomic E-state index is 12.6. The number of rotatable bonds is 8. The van der Waals surface area contributed by atoms with Crippen LogP contribution in [-0.4, -0.2) is 39.0 Å². The average Bonchev–Trinajstić information content (AvgIpc) is 3.38. The minimum atomic E-state index is -0.478. The molecule has 2 heterocycles. The van der Waals surface area contributed by atoms with E-state index in [2.05, 4.69) is 15.5 Å². The molecule has 1 amide bonds. The van der Waals surface area contributed by atoms with Crippen LogP contribution < -0.4 is 11.0 Å². The topological polar surface area (TPSA) is 106 Å². The summed E-state index contributed by atoms with van der Waals surface area (Å²) in [6.07, 6.45) is 1.89. The second-order valence-electron chi connectivity index (χ2n) is 6.69. The highest BCUT2D eigenvalue weighted by Crippen LogP contribution is 2.37. The summed E-state index contributed by atoms with van der Waals surface area (Å²) < 4.78 is 6.74. The number of aromatic amines is 1. The maximum Gasteiger partial charge on any atom is 0.344 e. The van der Waals surface area contributed by atoms with Crippen molar-refractivity contribution in [3.63, 3.8) is 0 Å². The molecule has 1 aromatic carbocycles. The first kappa shape index (κ1) is 20.4. The van der Waals surface area contributed by atoms with E-state index < -0.39 is 5.97 Å². The van der Waals surface area contributed by atoms with E-state index in [1.807, 2.05) is 30.3 Å². The fourth-order valence-electron chi connectivity index (χ4n) is 2.93. The van der Waals surface area contributed by atoms with Gasteiger partial charge in [-0.15, -0.1) is 16.4 Å². The Bertz CT molecular complexity index is 1120. The molecule has 0 atom stereocenters. The molecule has 8 nitrogen and oxygen atoms in total. The number of hydrogen-bond acceptors (Lipinski definition) is 7. The lowest BCUT2D eigenvalue weighted by atomic mass is 10.1. The van der Waals surface area contributed by atoms with Crippen LogP contribution in [0.2, 0.25) is 0 Å². The number of thioether (sulfide) groups is 1. The lowest BCUT2D eigenvalue weighted by molar-refractivity contribution is -0.113. The van der Waals surface area contributed by atoms with E-state index in [-0.39, 0.29) is 30.0 Å². The van der Waals surface area contributed by atoms with Crippen LogP contribution in [0.3, 0.4) is 0 Å². The molecular weight excluding hydrogens is 424 g/mol. The lowest BCUT2D eigenvalue weighted by Gasteiger charge is -2.06. The molecule has 1 saturated carbocycles. The van der Waals surface area contributed by atoms with E-state index in [4.69, 9.17) is 4.74 Å². The van der Waals surface area contributed by atoms with Gasteiger partial charge >= 0.3 is 11.7 Å². The monoisotopic (exact) mass is 444 g/mol. The molecule has 2 N–H and O–H groups in total. The molecule has 10 heteroatoms. The first-order valence-electron chi connectivity index (χ1n) is 9.52. The van der Waals surface area contributed by atoms with E-state index in [0.717, 1.165) is 23.3 Å².